The summed E-state index contributed by atoms with van der Waals surface area (Å²) in [5.74, 6) is -0.255. The molecule has 0 fully saturated rings. The molecule has 0 aliphatic carbocycles. The first-order valence-corrected chi connectivity index (χ1v) is 10.8. The summed E-state index contributed by atoms with van der Waals surface area (Å²) in [5.41, 5.74) is 1.02. The van der Waals surface area contributed by atoms with Gasteiger partial charge in [-0.05, 0) is 30.2 Å². The minimum atomic E-state index is -4.84. The number of aliphatic hydroxyl groups excluding tert-OH is 1. The molecule has 4 N–H and O–H groups in total. The van der Waals surface area contributed by atoms with Crippen molar-refractivity contribution in [3.8, 4) is 22.8 Å². The highest BCUT2D eigenvalue weighted by atomic mass is 35.5. The molecule has 0 amide bonds. The lowest BCUT2D eigenvalue weighted by Gasteiger charge is -2.21. The van der Waals surface area contributed by atoms with Gasteiger partial charge in [0.15, 0.2) is 5.75 Å². The number of ether oxygens (including phenoxy) is 1. The summed E-state index contributed by atoms with van der Waals surface area (Å²) in [4.78, 5) is 8.78. The molecular formula is C22H21Cl2F3N4O3. The van der Waals surface area contributed by atoms with E-state index in [4.69, 9.17) is 23.2 Å². The van der Waals surface area contributed by atoms with Crippen LogP contribution in [0.25, 0.3) is 11.3 Å². The largest absolute Gasteiger partial charge is 0.573 e. The number of phenols is 1. The van der Waals surface area contributed by atoms with Crippen LogP contribution in [0, 0.1) is 5.92 Å². The maximum Gasteiger partial charge on any atom is 0.573 e. The molecule has 0 saturated carbocycles. The summed E-state index contributed by atoms with van der Waals surface area (Å²) < 4.78 is 42.0. The van der Waals surface area contributed by atoms with E-state index in [1.165, 1.54) is 36.4 Å². The number of hydrogen-bond donors (Lipinski definition) is 4. The topological polar surface area (TPSA) is 99.5 Å². The number of rotatable bonds is 8. The molecule has 1 atom stereocenters. The Morgan fingerprint density at radius 3 is 2.32 bits per heavy atom. The maximum atomic E-state index is 12.7. The van der Waals surface area contributed by atoms with E-state index in [1.807, 2.05) is 13.8 Å². The van der Waals surface area contributed by atoms with Crippen molar-refractivity contribution in [2.45, 2.75) is 26.3 Å². The molecule has 34 heavy (non-hydrogen) atoms. The van der Waals surface area contributed by atoms with Crippen molar-refractivity contribution >= 4 is 40.7 Å². The molecule has 2 aromatic carbocycles. The van der Waals surface area contributed by atoms with Crippen LogP contribution in [0.4, 0.5) is 30.6 Å². The van der Waals surface area contributed by atoms with E-state index in [0.717, 1.165) is 0 Å². The summed E-state index contributed by atoms with van der Waals surface area (Å²) in [6, 6.07) is 9.35. The lowest BCUT2D eigenvalue weighted by Crippen LogP contribution is -2.30. The number of nitrogens with one attached hydrogen (secondary N) is 2. The van der Waals surface area contributed by atoms with E-state index in [0.29, 0.717) is 11.3 Å². The molecule has 0 radical (unpaired) electrons. The standard InChI is InChI=1S/C22H21Cl2F3N4O3/c1-11(2)18(10-32)30-21-29-17(12-4-3-5-14(6-12)34-22(25,26)27)9-19(31-21)28-13-7-15(23)20(33)16(24)8-13/h3-9,11,18,32-33H,10H2,1-2H3,(H2,28,29,30,31)/t18-/m1/s1. The molecular weight excluding hydrogens is 496 g/mol. The van der Waals surface area contributed by atoms with E-state index in [-0.39, 0.29) is 51.8 Å². The molecule has 1 aromatic heterocycles. The number of aliphatic hydroxyl groups is 1. The van der Waals surface area contributed by atoms with Gasteiger partial charge in [-0.25, -0.2) is 4.98 Å². The molecule has 3 rings (SSSR count). The Hall–Kier alpha value is -2.95. The number of phenolic OH excluding ortho intramolecular Hbond substituents is 1. The third kappa shape index (κ3) is 6.78. The number of nitrogens with zero attached hydrogens (tertiary/aromatic N) is 2. The fraction of sp³-hybridized carbons (Fsp3) is 0.273. The third-order valence-corrected chi connectivity index (χ3v) is 5.27. The van der Waals surface area contributed by atoms with Gasteiger partial charge in [0.05, 0.1) is 28.4 Å². The van der Waals surface area contributed by atoms with E-state index < -0.39 is 12.1 Å². The Kier molecular flexibility index (Phi) is 7.96. The van der Waals surface area contributed by atoms with E-state index >= 15 is 0 Å². The zero-order valence-electron chi connectivity index (χ0n) is 18.0. The molecule has 0 saturated heterocycles. The van der Waals surface area contributed by atoms with Crippen molar-refractivity contribution in [3.05, 3.63) is 52.5 Å². The molecule has 0 aliphatic heterocycles. The Labute approximate surface area is 203 Å². The quantitative estimate of drug-likeness (QED) is 0.263. The van der Waals surface area contributed by atoms with Gasteiger partial charge in [0.1, 0.15) is 11.6 Å². The minimum absolute atomic E-state index is 0.0137. The second-order valence-corrected chi connectivity index (χ2v) is 8.44. The Morgan fingerprint density at radius 1 is 1.06 bits per heavy atom. The summed E-state index contributed by atoms with van der Waals surface area (Å²) in [5, 5.41) is 25.5. The van der Waals surface area contributed by atoms with Crippen molar-refractivity contribution in [1.29, 1.82) is 0 Å². The second kappa shape index (κ2) is 10.5. The lowest BCUT2D eigenvalue weighted by molar-refractivity contribution is -0.274. The number of benzene rings is 2. The van der Waals surface area contributed by atoms with Crippen LogP contribution in [-0.2, 0) is 0 Å². The van der Waals surface area contributed by atoms with Crippen LogP contribution in [-0.4, -0.2) is 39.2 Å². The fourth-order valence-electron chi connectivity index (χ4n) is 2.95. The summed E-state index contributed by atoms with van der Waals surface area (Å²) in [6.45, 7) is 3.61. The highest BCUT2D eigenvalue weighted by Crippen LogP contribution is 2.36. The number of anilines is 3. The van der Waals surface area contributed by atoms with Crippen LogP contribution in [0.2, 0.25) is 10.0 Å². The highest BCUT2D eigenvalue weighted by Gasteiger charge is 2.31. The van der Waals surface area contributed by atoms with Gasteiger partial charge in [-0.2, -0.15) is 4.98 Å². The third-order valence-electron chi connectivity index (χ3n) is 4.69. The molecule has 1 heterocycles. The molecule has 0 unspecified atom stereocenters. The maximum absolute atomic E-state index is 12.7. The van der Waals surface area contributed by atoms with Gasteiger partial charge in [0, 0.05) is 17.3 Å². The van der Waals surface area contributed by atoms with Gasteiger partial charge in [-0.3, -0.25) is 0 Å². The molecule has 0 aliphatic rings. The molecule has 0 spiro atoms. The lowest BCUT2D eigenvalue weighted by atomic mass is 10.1. The first-order valence-electron chi connectivity index (χ1n) is 10.0. The highest BCUT2D eigenvalue weighted by molar-refractivity contribution is 6.37. The smallest absolute Gasteiger partial charge is 0.505 e. The van der Waals surface area contributed by atoms with Crippen molar-refractivity contribution in [1.82, 2.24) is 9.97 Å². The van der Waals surface area contributed by atoms with Gasteiger partial charge in [0.2, 0.25) is 5.95 Å². The Bertz CT molecular complexity index is 1140. The number of alkyl halides is 3. The number of hydrogen-bond acceptors (Lipinski definition) is 7. The van der Waals surface area contributed by atoms with Gasteiger partial charge >= 0.3 is 6.36 Å². The number of aromatic nitrogens is 2. The molecule has 7 nitrogen and oxygen atoms in total. The van der Waals surface area contributed by atoms with Gasteiger partial charge in [-0.1, -0.05) is 49.2 Å². The summed E-state index contributed by atoms with van der Waals surface area (Å²) in [7, 11) is 0. The molecule has 3 aromatic rings. The molecule has 182 valence electrons. The normalized spacial score (nSPS) is 12.5. The Balaban J connectivity index is 2.03. The zero-order valence-corrected chi connectivity index (χ0v) is 19.5. The van der Waals surface area contributed by atoms with E-state index in [9.17, 15) is 23.4 Å². The minimum Gasteiger partial charge on any atom is -0.505 e. The van der Waals surface area contributed by atoms with Crippen LogP contribution in [0.3, 0.4) is 0 Å². The van der Waals surface area contributed by atoms with E-state index in [2.05, 4.69) is 25.3 Å². The van der Waals surface area contributed by atoms with Crippen molar-refractivity contribution in [2.75, 3.05) is 17.2 Å². The SMILES string of the molecule is CC(C)[C@@H](CO)Nc1nc(Nc2cc(Cl)c(O)c(Cl)c2)cc(-c2cccc(OC(F)(F)F)c2)n1. The van der Waals surface area contributed by atoms with Crippen molar-refractivity contribution in [3.63, 3.8) is 0 Å². The second-order valence-electron chi connectivity index (χ2n) is 7.63. The number of halogens is 5. The summed E-state index contributed by atoms with van der Waals surface area (Å²) in [6.07, 6.45) is -4.84. The summed E-state index contributed by atoms with van der Waals surface area (Å²) >= 11 is 12.0. The van der Waals surface area contributed by atoms with Gasteiger partial charge < -0.3 is 25.6 Å². The average Bonchev–Trinajstić information content (AvgIpc) is 2.74. The monoisotopic (exact) mass is 516 g/mol. The van der Waals surface area contributed by atoms with Gasteiger partial charge in [-0.15, -0.1) is 13.2 Å². The van der Waals surface area contributed by atoms with Crippen LogP contribution in [0.15, 0.2) is 42.5 Å². The zero-order chi connectivity index (χ0) is 25.0. The first-order chi connectivity index (χ1) is 15.9. The van der Waals surface area contributed by atoms with Crippen LogP contribution >= 0.6 is 23.2 Å². The van der Waals surface area contributed by atoms with E-state index in [1.54, 1.807) is 6.07 Å². The van der Waals surface area contributed by atoms with Crippen LogP contribution < -0.4 is 15.4 Å². The van der Waals surface area contributed by atoms with Crippen LogP contribution in [0.5, 0.6) is 11.5 Å². The van der Waals surface area contributed by atoms with Gasteiger partial charge in [0.25, 0.3) is 0 Å². The van der Waals surface area contributed by atoms with Crippen LogP contribution in [0.1, 0.15) is 13.8 Å². The predicted molar refractivity (Wildman–Crippen MR) is 125 cm³/mol. The molecule has 12 heteroatoms. The van der Waals surface area contributed by atoms with Crippen molar-refractivity contribution in [2.24, 2.45) is 5.92 Å². The Morgan fingerprint density at radius 2 is 1.74 bits per heavy atom. The average molecular weight is 517 g/mol. The molecule has 0 bridgehead atoms. The van der Waals surface area contributed by atoms with Crippen molar-refractivity contribution < 1.29 is 28.1 Å². The fourth-order valence-corrected chi connectivity index (χ4v) is 3.44. The predicted octanol–water partition coefficient (Wildman–Crippen LogP) is 6.23. The first kappa shape index (κ1) is 25.7. The number of aromatic hydroxyl groups is 1.